The van der Waals surface area contributed by atoms with Gasteiger partial charge in [0.15, 0.2) is 5.82 Å². The number of sulfonamides is 1. The molecule has 0 spiro atoms. The summed E-state index contributed by atoms with van der Waals surface area (Å²) in [7, 11) is -3.69. The van der Waals surface area contributed by atoms with Crippen LogP contribution in [0.2, 0.25) is 0 Å². The topological polar surface area (TPSA) is 88.2 Å². The highest BCUT2D eigenvalue weighted by atomic mass is 32.2. The zero-order valence-electron chi connectivity index (χ0n) is 14.4. The van der Waals surface area contributed by atoms with Crippen LogP contribution >= 0.6 is 11.5 Å². The van der Waals surface area contributed by atoms with Crippen LogP contribution in [0.4, 0.5) is 11.5 Å². The van der Waals surface area contributed by atoms with Crippen molar-refractivity contribution in [3.8, 4) is 0 Å². The Morgan fingerprint density at radius 1 is 1.15 bits per heavy atom. The number of rotatable bonds is 6. The molecule has 1 amide bonds. The molecule has 0 saturated heterocycles. The van der Waals surface area contributed by atoms with Gasteiger partial charge in [-0.25, -0.2) is 8.42 Å². The molecular weight excluding hydrogens is 370 g/mol. The largest absolute Gasteiger partial charge is 0.310 e. The number of nitrogens with one attached hydrogen (secondary N) is 2. The summed E-state index contributed by atoms with van der Waals surface area (Å²) in [5.74, 6) is 0.206. The molecule has 0 unspecified atom stereocenters. The molecule has 26 heavy (non-hydrogen) atoms. The van der Waals surface area contributed by atoms with Gasteiger partial charge in [0.2, 0.25) is 5.91 Å². The lowest BCUT2D eigenvalue weighted by Gasteiger charge is -2.09. The zero-order valence-corrected chi connectivity index (χ0v) is 16.1. The first-order valence-corrected chi connectivity index (χ1v) is 10.4. The third-order valence-corrected chi connectivity index (χ3v) is 6.01. The van der Waals surface area contributed by atoms with Crippen LogP contribution in [0.25, 0.3) is 10.1 Å². The quantitative estimate of drug-likeness (QED) is 0.667. The van der Waals surface area contributed by atoms with Gasteiger partial charge in [-0.1, -0.05) is 25.5 Å². The SMILES string of the molecule is CCCc1ccc(S(=O)(=O)Nc2ccc3snc(NC(C)=O)c3c2)cc1. The smallest absolute Gasteiger partial charge is 0.261 e. The number of aromatic nitrogens is 1. The maximum absolute atomic E-state index is 12.6. The molecule has 0 aliphatic heterocycles. The fourth-order valence-corrected chi connectivity index (χ4v) is 4.36. The van der Waals surface area contributed by atoms with Crippen LogP contribution in [0.1, 0.15) is 25.8 Å². The first kappa shape index (κ1) is 18.3. The number of carbonyl (C=O) groups excluding carboxylic acids is 1. The van der Waals surface area contributed by atoms with E-state index in [1.54, 1.807) is 30.3 Å². The Labute approximate surface area is 156 Å². The van der Waals surface area contributed by atoms with Crippen molar-refractivity contribution in [2.45, 2.75) is 31.6 Å². The molecule has 136 valence electrons. The summed E-state index contributed by atoms with van der Waals surface area (Å²) in [6.07, 6.45) is 1.93. The van der Waals surface area contributed by atoms with E-state index in [4.69, 9.17) is 0 Å². The lowest BCUT2D eigenvalue weighted by atomic mass is 10.1. The maximum Gasteiger partial charge on any atom is 0.261 e. The number of hydrogen-bond donors (Lipinski definition) is 2. The Morgan fingerprint density at radius 2 is 1.88 bits per heavy atom. The van der Waals surface area contributed by atoms with Gasteiger partial charge >= 0.3 is 0 Å². The summed E-state index contributed by atoms with van der Waals surface area (Å²) in [6, 6.07) is 12.0. The van der Waals surface area contributed by atoms with Gasteiger partial charge in [-0.05, 0) is 53.8 Å². The van der Waals surface area contributed by atoms with Crippen LogP contribution in [-0.4, -0.2) is 18.7 Å². The Kier molecular flexibility index (Phi) is 5.24. The van der Waals surface area contributed by atoms with Gasteiger partial charge < -0.3 is 5.32 Å². The zero-order chi connectivity index (χ0) is 18.7. The third-order valence-electron chi connectivity index (χ3n) is 3.79. The number of carbonyl (C=O) groups is 1. The van der Waals surface area contributed by atoms with Crippen molar-refractivity contribution in [3.05, 3.63) is 48.0 Å². The molecule has 0 radical (unpaired) electrons. The Bertz CT molecular complexity index is 1040. The minimum atomic E-state index is -3.69. The second-order valence-electron chi connectivity index (χ2n) is 5.92. The van der Waals surface area contributed by atoms with Crippen molar-refractivity contribution in [2.24, 2.45) is 0 Å². The number of aryl methyl sites for hydroxylation is 1. The van der Waals surface area contributed by atoms with Crippen LogP contribution < -0.4 is 10.0 Å². The summed E-state index contributed by atoms with van der Waals surface area (Å²) in [5.41, 5.74) is 1.53. The van der Waals surface area contributed by atoms with E-state index in [0.717, 1.165) is 23.1 Å². The summed E-state index contributed by atoms with van der Waals surface area (Å²) in [6.45, 7) is 3.48. The first-order valence-electron chi connectivity index (χ1n) is 8.18. The molecule has 3 aromatic rings. The molecule has 2 N–H and O–H groups in total. The monoisotopic (exact) mass is 389 g/mol. The lowest BCUT2D eigenvalue weighted by Crippen LogP contribution is -2.13. The third kappa shape index (κ3) is 4.03. The van der Waals surface area contributed by atoms with Gasteiger partial charge in [0.25, 0.3) is 10.0 Å². The van der Waals surface area contributed by atoms with Gasteiger partial charge in [0.05, 0.1) is 9.60 Å². The van der Waals surface area contributed by atoms with Crippen molar-refractivity contribution in [2.75, 3.05) is 10.0 Å². The van der Waals surface area contributed by atoms with Crippen LogP contribution in [0.3, 0.4) is 0 Å². The van der Waals surface area contributed by atoms with Gasteiger partial charge in [0, 0.05) is 18.0 Å². The van der Waals surface area contributed by atoms with E-state index in [0.29, 0.717) is 16.9 Å². The Morgan fingerprint density at radius 3 is 2.54 bits per heavy atom. The predicted molar refractivity (Wildman–Crippen MR) is 105 cm³/mol. The Hall–Kier alpha value is -2.45. The highest BCUT2D eigenvalue weighted by Crippen LogP contribution is 2.30. The maximum atomic E-state index is 12.6. The van der Waals surface area contributed by atoms with E-state index in [1.807, 2.05) is 12.1 Å². The number of amides is 1. The molecular formula is C18H19N3O3S2. The number of anilines is 2. The van der Waals surface area contributed by atoms with E-state index in [1.165, 1.54) is 18.5 Å². The summed E-state index contributed by atoms with van der Waals surface area (Å²) in [5, 5.41) is 3.35. The van der Waals surface area contributed by atoms with Crippen LogP contribution in [0, 0.1) is 0 Å². The molecule has 0 aliphatic carbocycles. The minimum absolute atomic E-state index is 0.211. The minimum Gasteiger partial charge on any atom is -0.310 e. The highest BCUT2D eigenvalue weighted by molar-refractivity contribution is 7.92. The molecule has 0 atom stereocenters. The summed E-state index contributed by atoms with van der Waals surface area (Å²) < 4.78 is 32.9. The number of hydrogen-bond acceptors (Lipinski definition) is 5. The fraction of sp³-hybridized carbons (Fsp3) is 0.222. The van der Waals surface area contributed by atoms with Crippen molar-refractivity contribution in [1.82, 2.24) is 4.37 Å². The van der Waals surface area contributed by atoms with Crippen LogP contribution in [0.5, 0.6) is 0 Å². The molecule has 0 fully saturated rings. The number of fused-ring (bicyclic) bond motifs is 1. The second kappa shape index (κ2) is 7.43. The van der Waals surface area contributed by atoms with Gasteiger partial charge in [0.1, 0.15) is 0 Å². The van der Waals surface area contributed by atoms with Gasteiger partial charge in [-0.15, -0.1) is 0 Å². The van der Waals surface area contributed by atoms with Gasteiger partial charge in [-0.3, -0.25) is 9.52 Å². The first-order chi connectivity index (χ1) is 12.4. The van der Waals surface area contributed by atoms with Crippen molar-refractivity contribution >= 4 is 49.1 Å². The molecule has 1 heterocycles. The average Bonchev–Trinajstić information content (AvgIpc) is 2.97. The van der Waals surface area contributed by atoms with E-state index in [9.17, 15) is 13.2 Å². The van der Waals surface area contributed by atoms with Crippen molar-refractivity contribution in [1.29, 1.82) is 0 Å². The normalized spacial score (nSPS) is 11.5. The predicted octanol–water partition coefficient (Wildman–Crippen LogP) is 4.01. The van der Waals surface area contributed by atoms with E-state index in [-0.39, 0.29) is 10.8 Å². The molecule has 2 aromatic carbocycles. The molecule has 0 saturated carbocycles. The van der Waals surface area contributed by atoms with Gasteiger partial charge in [-0.2, -0.15) is 4.37 Å². The molecule has 0 aliphatic rings. The average molecular weight is 390 g/mol. The fourth-order valence-electron chi connectivity index (χ4n) is 2.60. The second-order valence-corrected chi connectivity index (χ2v) is 8.41. The highest BCUT2D eigenvalue weighted by Gasteiger charge is 2.15. The number of nitrogens with zero attached hydrogens (tertiary/aromatic N) is 1. The molecule has 8 heteroatoms. The van der Waals surface area contributed by atoms with Crippen LogP contribution in [-0.2, 0) is 21.2 Å². The van der Waals surface area contributed by atoms with E-state index < -0.39 is 10.0 Å². The van der Waals surface area contributed by atoms with Crippen molar-refractivity contribution < 1.29 is 13.2 Å². The summed E-state index contributed by atoms with van der Waals surface area (Å²) >= 11 is 1.24. The summed E-state index contributed by atoms with van der Waals surface area (Å²) in [4.78, 5) is 11.5. The van der Waals surface area contributed by atoms with E-state index >= 15 is 0 Å². The Balaban J connectivity index is 1.88. The molecule has 1 aromatic heterocycles. The number of benzene rings is 2. The molecule has 0 bridgehead atoms. The van der Waals surface area contributed by atoms with E-state index in [2.05, 4.69) is 21.3 Å². The molecule has 6 nitrogen and oxygen atoms in total. The molecule has 3 rings (SSSR count). The lowest BCUT2D eigenvalue weighted by molar-refractivity contribution is -0.114. The standard InChI is InChI=1S/C18H19N3O3S2/c1-3-4-13-5-8-15(9-6-13)26(23,24)21-14-7-10-17-16(11-14)18(20-25-17)19-12(2)22/h5-11,21H,3-4H2,1-2H3,(H,19,20,22). The van der Waals surface area contributed by atoms with Crippen LogP contribution in [0.15, 0.2) is 47.4 Å². The van der Waals surface area contributed by atoms with Crippen molar-refractivity contribution in [3.63, 3.8) is 0 Å².